The molecule has 1 amide bonds. The Morgan fingerprint density at radius 1 is 1.25 bits per heavy atom. The van der Waals surface area contributed by atoms with Crippen LogP contribution in [0, 0.1) is 5.92 Å². The molecule has 6 nitrogen and oxygen atoms in total. The zero-order valence-electron chi connectivity index (χ0n) is 14.1. The second kappa shape index (κ2) is 7.38. The minimum Gasteiger partial charge on any atom is -0.342 e. The molecule has 0 radical (unpaired) electrons. The van der Waals surface area contributed by atoms with E-state index >= 15 is 0 Å². The lowest BCUT2D eigenvalue weighted by molar-refractivity contribution is -0.135. The molecule has 126 valence electrons. The van der Waals surface area contributed by atoms with Crippen LogP contribution in [0.1, 0.15) is 38.3 Å². The molecule has 0 spiro atoms. The summed E-state index contributed by atoms with van der Waals surface area (Å²) in [4.78, 5) is 27.0. The van der Waals surface area contributed by atoms with E-state index in [4.69, 9.17) is 0 Å². The maximum Gasteiger partial charge on any atom is 0.225 e. The number of pyridine rings is 1. The summed E-state index contributed by atoms with van der Waals surface area (Å²) in [5, 5.41) is 3.18. The summed E-state index contributed by atoms with van der Waals surface area (Å²) in [6, 6.07) is 4.03. The standard InChI is InChI=1S/C18H23N5O/c1-13(2)18(24)23-9-3-4-14(12-23)16-6-5-15(10-21-16)22-17-11-19-7-8-20-17/h5-8,10-11,13-14H,3-4,9,12H2,1-2H3,(H,20,22)/t14-/m0/s1. The molecule has 0 saturated carbocycles. The number of nitrogens with one attached hydrogen (secondary N) is 1. The lowest BCUT2D eigenvalue weighted by Gasteiger charge is -2.33. The van der Waals surface area contributed by atoms with E-state index in [1.165, 1.54) is 0 Å². The first-order valence-electron chi connectivity index (χ1n) is 8.41. The van der Waals surface area contributed by atoms with Crippen LogP contribution in [-0.4, -0.2) is 38.8 Å². The molecule has 3 heterocycles. The van der Waals surface area contributed by atoms with Gasteiger partial charge in [0.05, 0.1) is 18.1 Å². The van der Waals surface area contributed by atoms with Crippen molar-refractivity contribution in [3.63, 3.8) is 0 Å². The lowest BCUT2D eigenvalue weighted by Crippen LogP contribution is -2.41. The van der Waals surface area contributed by atoms with E-state index in [9.17, 15) is 4.79 Å². The second-order valence-corrected chi connectivity index (χ2v) is 6.47. The average molecular weight is 325 g/mol. The molecule has 24 heavy (non-hydrogen) atoms. The number of likely N-dealkylation sites (tertiary alicyclic amines) is 1. The zero-order valence-corrected chi connectivity index (χ0v) is 14.1. The third kappa shape index (κ3) is 3.88. The van der Waals surface area contributed by atoms with Crippen LogP contribution < -0.4 is 5.32 Å². The molecule has 1 aliphatic heterocycles. The van der Waals surface area contributed by atoms with Gasteiger partial charge in [-0.25, -0.2) is 4.98 Å². The minimum absolute atomic E-state index is 0.0512. The molecule has 1 fully saturated rings. The molecule has 1 aliphatic rings. The van der Waals surface area contributed by atoms with Crippen molar-refractivity contribution in [1.82, 2.24) is 19.9 Å². The fraction of sp³-hybridized carbons (Fsp3) is 0.444. The van der Waals surface area contributed by atoms with Crippen LogP contribution in [0.3, 0.4) is 0 Å². The van der Waals surface area contributed by atoms with Crippen LogP contribution in [0.15, 0.2) is 36.9 Å². The van der Waals surface area contributed by atoms with E-state index in [-0.39, 0.29) is 11.8 Å². The zero-order chi connectivity index (χ0) is 16.9. The van der Waals surface area contributed by atoms with Gasteiger partial charge in [-0.05, 0) is 25.0 Å². The molecule has 1 N–H and O–H groups in total. The number of rotatable bonds is 4. The van der Waals surface area contributed by atoms with Crippen molar-refractivity contribution in [3.8, 4) is 0 Å². The number of carbonyl (C=O) groups is 1. The van der Waals surface area contributed by atoms with E-state index in [0.717, 1.165) is 37.3 Å². The van der Waals surface area contributed by atoms with E-state index in [2.05, 4.69) is 20.3 Å². The summed E-state index contributed by atoms with van der Waals surface area (Å²) < 4.78 is 0. The van der Waals surface area contributed by atoms with Gasteiger partial charge in [-0.15, -0.1) is 0 Å². The maximum atomic E-state index is 12.2. The van der Waals surface area contributed by atoms with Gasteiger partial charge in [-0.1, -0.05) is 13.8 Å². The van der Waals surface area contributed by atoms with Gasteiger partial charge in [0.15, 0.2) is 0 Å². The van der Waals surface area contributed by atoms with Crippen LogP contribution in [0.4, 0.5) is 11.5 Å². The number of carbonyl (C=O) groups excluding carboxylic acids is 1. The van der Waals surface area contributed by atoms with Crippen LogP contribution in [0.25, 0.3) is 0 Å². The van der Waals surface area contributed by atoms with Crippen molar-refractivity contribution in [2.75, 3.05) is 18.4 Å². The minimum atomic E-state index is 0.0512. The number of anilines is 2. The van der Waals surface area contributed by atoms with Gasteiger partial charge in [0.25, 0.3) is 0 Å². The van der Waals surface area contributed by atoms with Crippen molar-refractivity contribution >= 4 is 17.4 Å². The molecule has 2 aromatic heterocycles. The van der Waals surface area contributed by atoms with Crippen molar-refractivity contribution in [2.45, 2.75) is 32.6 Å². The van der Waals surface area contributed by atoms with Gasteiger partial charge in [-0.3, -0.25) is 14.8 Å². The largest absolute Gasteiger partial charge is 0.342 e. The highest BCUT2D eigenvalue weighted by molar-refractivity contribution is 5.78. The monoisotopic (exact) mass is 325 g/mol. The van der Waals surface area contributed by atoms with Crippen LogP contribution in [-0.2, 0) is 4.79 Å². The van der Waals surface area contributed by atoms with Crippen molar-refractivity contribution < 1.29 is 4.79 Å². The topological polar surface area (TPSA) is 71.0 Å². The highest BCUT2D eigenvalue weighted by Gasteiger charge is 2.26. The predicted molar refractivity (Wildman–Crippen MR) is 92.9 cm³/mol. The van der Waals surface area contributed by atoms with Crippen molar-refractivity contribution in [2.24, 2.45) is 5.92 Å². The van der Waals surface area contributed by atoms with E-state index in [1.807, 2.05) is 37.1 Å². The summed E-state index contributed by atoms with van der Waals surface area (Å²) in [7, 11) is 0. The van der Waals surface area contributed by atoms with Crippen molar-refractivity contribution in [3.05, 3.63) is 42.6 Å². The molecule has 0 aliphatic carbocycles. The van der Waals surface area contributed by atoms with Gasteiger partial charge in [0, 0.05) is 43.0 Å². The van der Waals surface area contributed by atoms with E-state index < -0.39 is 0 Å². The summed E-state index contributed by atoms with van der Waals surface area (Å²) in [6.07, 6.45) is 8.88. The van der Waals surface area contributed by atoms with Gasteiger partial charge < -0.3 is 10.2 Å². The van der Waals surface area contributed by atoms with Crippen LogP contribution >= 0.6 is 0 Å². The van der Waals surface area contributed by atoms with Crippen molar-refractivity contribution in [1.29, 1.82) is 0 Å². The molecular formula is C18H23N5O. The highest BCUT2D eigenvalue weighted by Crippen LogP contribution is 2.27. The van der Waals surface area contributed by atoms with Gasteiger partial charge in [0.2, 0.25) is 5.91 Å². The molecule has 3 rings (SSSR count). The quantitative estimate of drug-likeness (QED) is 0.936. The first-order valence-corrected chi connectivity index (χ1v) is 8.41. The Kier molecular flexibility index (Phi) is 5.03. The highest BCUT2D eigenvalue weighted by atomic mass is 16.2. The number of piperidine rings is 1. The molecule has 6 heteroatoms. The third-order valence-corrected chi connectivity index (χ3v) is 4.27. The van der Waals surface area contributed by atoms with Gasteiger partial charge in [-0.2, -0.15) is 0 Å². The molecular weight excluding hydrogens is 302 g/mol. The Bertz CT molecular complexity index is 672. The number of hydrogen-bond donors (Lipinski definition) is 1. The lowest BCUT2D eigenvalue weighted by atomic mass is 9.93. The fourth-order valence-corrected chi connectivity index (χ4v) is 3.02. The molecule has 0 unspecified atom stereocenters. The Morgan fingerprint density at radius 3 is 2.79 bits per heavy atom. The number of amides is 1. The van der Waals surface area contributed by atoms with E-state index in [1.54, 1.807) is 18.6 Å². The molecule has 1 saturated heterocycles. The Morgan fingerprint density at radius 2 is 2.12 bits per heavy atom. The summed E-state index contributed by atoms with van der Waals surface area (Å²) in [5.74, 6) is 1.29. The first-order chi connectivity index (χ1) is 11.6. The first kappa shape index (κ1) is 16.4. The van der Waals surface area contributed by atoms with E-state index in [0.29, 0.717) is 11.7 Å². The Labute approximate surface area is 142 Å². The van der Waals surface area contributed by atoms with Crippen LogP contribution in [0.2, 0.25) is 0 Å². The molecule has 0 aromatic carbocycles. The average Bonchev–Trinajstić information content (AvgIpc) is 2.62. The third-order valence-electron chi connectivity index (χ3n) is 4.27. The fourth-order valence-electron chi connectivity index (χ4n) is 3.02. The SMILES string of the molecule is CC(C)C(=O)N1CCC[C@H](c2ccc(Nc3cnccn3)cn2)C1. The summed E-state index contributed by atoms with van der Waals surface area (Å²) >= 11 is 0. The Hall–Kier alpha value is -2.50. The molecule has 0 bridgehead atoms. The van der Waals surface area contributed by atoms with Gasteiger partial charge >= 0.3 is 0 Å². The van der Waals surface area contributed by atoms with Gasteiger partial charge in [0.1, 0.15) is 5.82 Å². The maximum absolute atomic E-state index is 12.2. The summed E-state index contributed by atoms with van der Waals surface area (Å²) in [5.41, 5.74) is 1.92. The predicted octanol–water partition coefficient (Wildman–Crippen LogP) is 2.98. The second-order valence-electron chi connectivity index (χ2n) is 6.47. The van der Waals surface area contributed by atoms with Crippen LogP contribution in [0.5, 0.6) is 0 Å². The molecule has 1 atom stereocenters. The number of nitrogens with zero attached hydrogens (tertiary/aromatic N) is 4. The summed E-state index contributed by atoms with van der Waals surface area (Å²) in [6.45, 7) is 5.54. The molecule has 2 aromatic rings. The smallest absolute Gasteiger partial charge is 0.225 e. The number of hydrogen-bond acceptors (Lipinski definition) is 5. The Balaban J connectivity index is 1.65. The number of aromatic nitrogens is 3. The normalized spacial score (nSPS) is 17.8.